The number of phenols is 1. The second-order valence-corrected chi connectivity index (χ2v) is 7.07. The van der Waals surface area contributed by atoms with Crippen LogP contribution in [0.5, 0.6) is 5.75 Å². The maximum atomic E-state index is 12.1. The third-order valence-electron chi connectivity index (χ3n) is 3.48. The summed E-state index contributed by atoms with van der Waals surface area (Å²) in [6, 6.07) is 3.53. The van der Waals surface area contributed by atoms with E-state index in [1.165, 1.54) is 12.1 Å². The molecule has 110 valence electrons. The van der Waals surface area contributed by atoms with Gasteiger partial charge in [-0.25, -0.2) is 17.9 Å². The summed E-state index contributed by atoms with van der Waals surface area (Å²) in [4.78, 5) is 11.4. The highest BCUT2D eigenvalue weighted by molar-refractivity contribution is 7.89. The molecule has 1 aliphatic rings. The molecule has 0 aliphatic heterocycles. The lowest BCUT2D eigenvalue weighted by Gasteiger charge is -2.12. The van der Waals surface area contributed by atoms with Crippen LogP contribution in [-0.2, 0) is 14.8 Å². The zero-order chi connectivity index (χ0) is 15.0. The van der Waals surface area contributed by atoms with E-state index in [9.17, 15) is 18.3 Å². The molecule has 0 spiro atoms. The number of hydrogen-bond acceptors (Lipinski definition) is 5. The number of benzene rings is 1. The molecule has 2 N–H and O–H groups in total. The van der Waals surface area contributed by atoms with Crippen molar-refractivity contribution in [3.05, 3.63) is 23.8 Å². The number of carbonyl (C=O) groups excluding carboxylic acids is 1. The van der Waals surface area contributed by atoms with E-state index in [-0.39, 0.29) is 21.6 Å². The summed E-state index contributed by atoms with van der Waals surface area (Å²) in [5.74, 6) is -1.10. The van der Waals surface area contributed by atoms with E-state index in [0.29, 0.717) is 6.54 Å². The number of sulfonamides is 1. The lowest BCUT2D eigenvalue weighted by atomic mass is 10.2. The normalized spacial score (nSPS) is 16.7. The summed E-state index contributed by atoms with van der Waals surface area (Å²) in [5.41, 5.74) is -0.136. The van der Waals surface area contributed by atoms with Crippen LogP contribution in [0.2, 0.25) is 0 Å². The zero-order valence-electron chi connectivity index (χ0n) is 11.3. The van der Waals surface area contributed by atoms with Crippen molar-refractivity contribution in [1.82, 2.24) is 4.72 Å². The molecule has 1 fully saturated rings. The molecule has 1 saturated carbocycles. The minimum Gasteiger partial charge on any atom is -0.507 e. The highest BCUT2D eigenvalue weighted by atomic mass is 32.2. The van der Waals surface area contributed by atoms with Gasteiger partial charge in [-0.05, 0) is 36.5 Å². The molecule has 0 bridgehead atoms. The predicted octanol–water partition coefficient (Wildman–Crippen LogP) is 1.26. The molecule has 2 rings (SSSR count). The van der Waals surface area contributed by atoms with Gasteiger partial charge in [-0.3, -0.25) is 0 Å². The van der Waals surface area contributed by atoms with E-state index in [1.807, 2.05) is 6.92 Å². The monoisotopic (exact) mass is 299 g/mol. The Bertz CT molecular complexity index is 634. The van der Waals surface area contributed by atoms with Crippen molar-refractivity contribution in [2.24, 2.45) is 5.41 Å². The second-order valence-electron chi connectivity index (χ2n) is 5.31. The molecule has 1 aromatic carbocycles. The van der Waals surface area contributed by atoms with Gasteiger partial charge in [-0.2, -0.15) is 0 Å². The smallest absolute Gasteiger partial charge is 0.341 e. The van der Waals surface area contributed by atoms with Crippen LogP contribution in [-0.4, -0.2) is 33.1 Å². The number of rotatable bonds is 5. The molecule has 6 nitrogen and oxygen atoms in total. The first-order valence-corrected chi connectivity index (χ1v) is 7.67. The highest BCUT2D eigenvalue weighted by Gasteiger charge is 2.38. The maximum absolute atomic E-state index is 12.1. The van der Waals surface area contributed by atoms with E-state index in [2.05, 4.69) is 9.46 Å². The predicted molar refractivity (Wildman–Crippen MR) is 72.0 cm³/mol. The fourth-order valence-corrected chi connectivity index (χ4v) is 2.92. The molecule has 0 atom stereocenters. The van der Waals surface area contributed by atoms with Crippen molar-refractivity contribution in [2.75, 3.05) is 13.7 Å². The average molecular weight is 299 g/mol. The van der Waals surface area contributed by atoms with Gasteiger partial charge < -0.3 is 9.84 Å². The molecule has 0 aromatic heterocycles. The van der Waals surface area contributed by atoms with Gasteiger partial charge in [0.15, 0.2) is 0 Å². The largest absolute Gasteiger partial charge is 0.507 e. The van der Waals surface area contributed by atoms with Gasteiger partial charge in [0.25, 0.3) is 0 Å². The fourth-order valence-electron chi connectivity index (χ4n) is 1.70. The number of ether oxygens (including phenoxy) is 1. The lowest BCUT2D eigenvalue weighted by molar-refractivity contribution is 0.0597. The molecular formula is C13H17NO5S. The van der Waals surface area contributed by atoms with E-state index >= 15 is 0 Å². The third kappa shape index (κ3) is 3.10. The number of carbonyl (C=O) groups is 1. The average Bonchev–Trinajstić information content (AvgIpc) is 3.15. The Morgan fingerprint density at radius 1 is 1.45 bits per heavy atom. The quantitative estimate of drug-likeness (QED) is 0.798. The minimum absolute atomic E-state index is 0.0369. The van der Waals surface area contributed by atoms with Crippen molar-refractivity contribution in [3.63, 3.8) is 0 Å². The van der Waals surface area contributed by atoms with Crippen LogP contribution >= 0.6 is 0 Å². The third-order valence-corrected chi connectivity index (χ3v) is 4.88. The highest BCUT2D eigenvalue weighted by Crippen LogP contribution is 2.44. The Labute approximate surface area is 117 Å². The Balaban J connectivity index is 2.25. The minimum atomic E-state index is -3.70. The first-order chi connectivity index (χ1) is 9.27. The molecule has 7 heteroatoms. The molecule has 0 heterocycles. The molecule has 1 aromatic rings. The van der Waals surface area contributed by atoms with Gasteiger partial charge in [-0.15, -0.1) is 0 Å². The van der Waals surface area contributed by atoms with Crippen molar-refractivity contribution in [1.29, 1.82) is 0 Å². The van der Waals surface area contributed by atoms with Crippen LogP contribution in [0, 0.1) is 5.41 Å². The van der Waals surface area contributed by atoms with E-state index in [0.717, 1.165) is 26.0 Å². The fraction of sp³-hybridized carbons (Fsp3) is 0.462. The van der Waals surface area contributed by atoms with Gasteiger partial charge in [-0.1, -0.05) is 6.92 Å². The molecule has 0 unspecified atom stereocenters. The number of aromatic hydroxyl groups is 1. The first kappa shape index (κ1) is 14.8. The van der Waals surface area contributed by atoms with Gasteiger partial charge in [0.05, 0.1) is 12.0 Å². The Kier molecular flexibility index (Phi) is 3.75. The van der Waals surface area contributed by atoms with Gasteiger partial charge in [0, 0.05) is 6.54 Å². The van der Waals surface area contributed by atoms with Gasteiger partial charge in [0.2, 0.25) is 10.0 Å². The summed E-state index contributed by atoms with van der Waals surface area (Å²) < 4.78 is 31.3. The number of methoxy groups -OCH3 is 1. The summed E-state index contributed by atoms with van der Waals surface area (Å²) >= 11 is 0. The van der Waals surface area contributed by atoms with Crippen LogP contribution in [0.15, 0.2) is 23.1 Å². The van der Waals surface area contributed by atoms with Crippen molar-refractivity contribution in [3.8, 4) is 5.75 Å². The molecule has 20 heavy (non-hydrogen) atoms. The van der Waals surface area contributed by atoms with Crippen LogP contribution < -0.4 is 4.72 Å². The molecular weight excluding hydrogens is 282 g/mol. The summed E-state index contributed by atoms with van der Waals surface area (Å²) in [5, 5.41) is 9.56. The zero-order valence-corrected chi connectivity index (χ0v) is 12.2. The van der Waals surface area contributed by atoms with Crippen molar-refractivity contribution < 1.29 is 23.1 Å². The molecule has 0 radical (unpaired) electrons. The number of phenolic OH excluding ortho intramolecular Hbond substituents is 1. The van der Waals surface area contributed by atoms with Gasteiger partial charge >= 0.3 is 5.97 Å². The molecule has 0 amide bonds. The lowest BCUT2D eigenvalue weighted by Crippen LogP contribution is -2.29. The van der Waals surface area contributed by atoms with Crippen LogP contribution in [0.4, 0.5) is 0 Å². The standard InChI is InChI=1S/C13H17NO5S/c1-13(5-6-13)8-14-20(17,18)9-3-4-11(15)10(7-9)12(16)19-2/h3-4,7,14-15H,5-6,8H2,1-2H3. The van der Waals surface area contributed by atoms with Crippen LogP contribution in [0.3, 0.4) is 0 Å². The van der Waals surface area contributed by atoms with E-state index < -0.39 is 16.0 Å². The van der Waals surface area contributed by atoms with Crippen molar-refractivity contribution in [2.45, 2.75) is 24.7 Å². The van der Waals surface area contributed by atoms with E-state index in [1.54, 1.807) is 0 Å². The van der Waals surface area contributed by atoms with E-state index in [4.69, 9.17) is 0 Å². The summed E-state index contributed by atoms with van der Waals surface area (Å²) in [6.45, 7) is 2.37. The number of nitrogens with one attached hydrogen (secondary N) is 1. The molecule has 1 aliphatic carbocycles. The molecule has 0 saturated heterocycles. The van der Waals surface area contributed by atoms with Crippen molar-refractivity contribution >= 4 is 16.0 Å². The Morgan fingerprint density at radius 3 is 2.65 bits per heavy atom. The number of esters is 1. The Morgan fingerprint density at radius 2 is 2.10 bits per heavy atom. The number of hydrogen-bond donors (Lipinski definition) is 2. The topological polar surface area (TPSA) is 92.7 Å². The van der Waals surface area contributed by atoms with Crippen LogP contribution in [0.1, 0.15) is 30.1 Å². The van der Waals surface area contributed by atoms with Gasteiger partial charge in [0.1, 0.15) is 11.3 Å². The van der Waals surface area contributed by atoms with Crippen LogP contribution in [0.25, 0.3) is 0 Å². The SMILES string of the molecule is COC(=O)c1cc(S(=O)(=O)NCC2(C)CC2)ccc1O. The maximum Gasteiger partial charge on any atom is 0.341 e. The Hall–Kier alpha value is -1.60. The first-order valence-electron chi connectivity index (χ1n) is 6.18. The summed E-state index contributed by atoms with van der Waals surface area (Å²) in [7, 11) is -2.54. The summed E-state index contributed by atoms with van der Waals surface area (Å²) in [6.07, 6.45) is 2.00. The second kappa shape index (κ2) is 5.06.